The van der Waals surface area contributed by atoms with Crippen molar-refractivity contribution < 1.29 is 22.6 Å². The molecule has 0 aliphatic rings. The number of imidazole rings is 1. The van der Waals surface area contributed by atoms with Crippen molar-refractivity contribution in [2.45, 2.75) is 32.4 Å². The van der Waals surface area contributed by atoms with Crippen LogP contribution in [-0.2, 0) is 12.1 Å². The summed E-state index contributed by atoms with van der Waals surface area (Å²) < 4.78 is 49.6. The molecule has 0 bridgehead atoms. The third kappa shape index (κ3) is 5.54. The smallest absolute Gasteiger partial charge is 0.480 e. The van der Waals surface area contributed by atoms with E-state index in [-0.39, 0.29) is 5.75 Å². The second-order valence-corrected chi connectivity index (χ2v) is 8.79. The molecule has 9 heteroatoms. The molecule has 0 atom stereocenters. The summed E-state index contributed by atoms with van der Waals surface area (Å²) in [6, 6.07) is 18.1. The zero-order valence-corrected chi connectivity index (χ0v) is 19.2. The first kappa shape index (κ1) is 23.3. The SMILES string of the molecule is CC(C)(Oc1ccc(Cl)cc1)c1nc2cc(Cl)ccc2n1Cc1ccc(OC(F)(F)F)cc1. The zero-order valence-electron chi connectivity index (χ0n) is 17.7. The molecular formula is C24H19Cl2F3N2O2. The van der Waals surface area contributed by atoms with Crippen LogP contribution in [0.1, 0.15) is 25.2 Å². The van der Waals surface area contributed by atoms with E-state index in [4.69, 9.17) is 32.9 Å². The van der Waals surface area contributed by atoms with Gasteiger partial charge in [0.1, 0.15) is 11.5 Å². The molecule has 0 aliphatic heterocycles. The summed E-state index contributed by atoms with van der Waals surface area (Å²) in [7, 11) is 0. The maximum absolute atomic E-state index is 12.5. The van der Waals surface area contributed by atoms with Crippen molar-refractivity contribution >= 4 is 34.2 Å². The first-order valence-corrected chi connectivity index (χ1v) is 10.7. The molecule has 0 amide bonds. The highest BCUT2D eigenvalue weighted by Crippen LogP contribution is 2.32. The van der Waals surface area contributed by atoms with Gasteiger partial charge in [-0.15, -0.1) is 13.2 Å². The lowest BCUT2D eigenvalue weighted by molar-refractivity contribution is -0.274. The molecule has 0 fully saturated rings. The minimum Gasteiger partial charge on any atom is -0.480 e. The first-order chi connectivity index (χ1) is 15.5. The molecule has 0 saturated carbocycles. The van der Waals surface area contributed by atoms with Crippen LogP contribution in [0, 0.1) is 0 Å². The van der Waals surface area contributed by atoms with Crippen LogP contribution in [0.2, 0.25) is 10.0 Å². The van der Waals surface area contributed by atoms with Crippen LogP contribution in [0.4, 0.5) is 13.2 Å². The van der Waals surface area contributed by atoms with Gasteiger partial charge in [0.15, 0.2) is 11.4 Å². The number of nitrogens with zero attached hydrogens (tertiary/aromatic N) is 2. The van der Waals surface area contributed by atoms with Gasteiger partial charge >= 0.3 is 6.36 Å². The largest absolute Gasteiger partial charge is 0.573 e. The quantitative estimate of drug-likeness (QED) is 0.276. The van der Waals surface area contributed by atoms with E-state index >= 15 is 0 Å². The van der Waals surface area contributed by atoms with Crippen LogP contribution < -0.4 is 9.47 Å². The van der Waals surface area contributed by atoms with Crippen molar-refractivity contribution in [1.29, 1.82) is 0 Å². The highest BCUT2D eigenvalue weighted by molar-refractivity contribution is 6.31. The molecule has 33 heavy (non-hydrogen) atoms. The number of ether oxygens (including phenoxy) is 2. The van der Waals surface area contributed by atoms with E-state index in [1.807, 2.05) is 24.5 Å². The third-order valence-electron chi connectivity index (χ3n) is 4.93. The maximum atomic E-state index is 12.5. The Morgan fingerprint density at radius 2 is 1.39 bits per heavy atom. The Morgan fingerprint density at radius 1 is 0.818 bits per heavy atom. The standard InChI is InChI=1S/C24H19Cl2F3N2O2/c1-23(2,32-18-10-5-16(25)6-11-18)22-30-20-13-17(26)7-12-21(20)31(22)14-15-3-8-19(9-4-15)33-24(27,28)29/h3-13H,14H2,1-2H3. The van der Waals surface area contributed by atoms with Gasteiger partial charge in [0.2, 0.25) is 0 Å². The first-order valence-electron chi connectivity index (χ1n) is 9.96. The number of fused-ring (bicyclic) bond motifs is 1. The molecule has 0 unspecified atom stereocenters. The fraction of sp³-hybridized carbons (Fsp3) is 0.208. The third-order valence-corrected chi connectivity index (χ3v) is 5.42. The van der Waals surface area contributed by atoms with Crippen LogP contribution in [0.3, 0.4) is 0 Å². The number of hydrogen-bond acceptors (Lipinski definition) is 3. The number of halogens is 5. The normalized spacial score (nSPS) is 12.2. The maximum Gasteiger partial charge on any atom is 0.573 e. The summed E-state index contributed by atoms with van der Waals surface area (Å²) in [5, 5.41) is 1.14. The fourth-order valence-electron chi connectivity index (χ4n) is 3.54. The van der Waals surface area contributed by atoms with Gasteiger partial charge in [-0.25, -0.2) is 4.98 Å². The van der Waals surface area contributed by atoms with Gasteiger partial charge in [-0.2, -0.15) is 0 Å². The molecule has 0 saturated heterocycles. The molecule has 4 rings (SSSR count). The Kier molecular flexibility index (Phi) is 6.20. The molecular weight excluding hydrogens is 476 g/mol. The van der Waals surface area contributed by atoms with Gasteiger partial charge in [0.25, 0.3) is 0 Å². The summed E-state index contributed by atoms with van der Waals surface area (Å²) in [6.07, 6.45) is -4.74. The van der Waals surface area contributed by atoms with Gasteiger partial charge in [-0.05, 0) is 74.0 Å². The molecule has 0 spiro atoms. The van der Waals surface area contributed by atoms with Gasteiger partial charge in [-0.1, -0.05) is 35.3 Å². The van der Waals surface area contributed by atoms with E-state index in [9.17, 15) is 13.2 Å². The molecule has 1 heterocycles. The van der Waals surface area contributed by atoms with E-state index in [0.717, 1.165) is 11.1 Å². The van der Waals surface area contributed by atoms with Crippen LogP contribution in [0.15, 0.2) is 66.7 Å². The predicted molar refractivity (Wildman–Crippen MR) is 122 cm³/mol. The van der Waals surface area contributed by atoms with Gasteiger partial charge < -0.3 is 14.0 Å². The van der Waals surface area contributed by atoms with Crippen LogP contribution in [0.5, 0.6) is 11.5 Å². The second-order valence-electron chi connectivity index (χ2n) is 7.91. The van der Waals surface area contributed by atoms with Gasteiger partial charge in [0, 0.05) is 16.6 Å². The van der Waals surface area contributed by atoms with E-state index in [1.165, 1.54) is 12.1 Å². The fourth-order valence-corrected chi connectivity index (χ4v) is 3.84. The van der Waals surface area contributed by atoms with E-state index in [1.54, 1.807) is 48.5 Å². The summed E-state index contributed by atoms with van der Waals surface area (Å²) in [5.41, 5.74) is 1.42. The van der Waals surface area contributed by atoms with Crippen LogP contribution in [0.25, 0.3) is 11.0 Å². The lowest BCUT2D eigenvalue weighted by Gasteiger charge is -2.27. The van der Waals surface area contributed by atoms with Crippen LogP contribution in [-0.4, -0.2) is 15.9 Å². The molecule has 0 aliphatic carbocycles. The van der Waals surface area contributed by atoms with E-state index < -0.39 is 12.0 Å². The molecule has 1 aromatic heterocycles. The zero-order chi connectivity index (χ0) is 23.8. The van der Waals surface area contributed by atoms with Gasteiger partial charge in [0.05, 0.1) is 11.0 Å². The minimum atomic E-state index is -4.74. The summed E-state index contributed by atoms with van der Waals surface area (Å²) in [4.78, 5) is 4.78. The van der Waals surface area contributed by atoms with Crippen molar-refractivity contribution in [3.05, 3.63) is 88.2 Å². The molecule has 0 radical (unpaired) electrons. The lowest BCUT2D eigenvalue weighted by atomic mass is 10.1. The van der Waals surface area contributed by atoms with E-state index in [0.29, 0.717) is 33.7 Å². The summed E-state index contributed by atoms with van der Waals surface area (Å²) >= 11 is 12.1. The average molecular weight is 495 g/mol. The molecule has 4 nitrogen and oxygen atoms in total. The average Bonchev–Trinajstić information content (AvgIpc) is 3.08. The molecule has 0 N–H and O–H groups in total. The molecule has 4 aromatic rings. The number of benzene rings is 3. The number of alkyl halides is 3. The Hall–Kier alpha value is -2.90. The Balaban J connectivity index is 1.71. The second kappa shape index (κ2) is 8.80. The van der Waals surface area contributed by atoms with Crippen molar-refractivity contribution in [1.82, 2.24) is 9.55 Å². The Labute approximate surface area is 198 Å². The van der Waals surface area contributed by atoms with Crippen molar-refractivity contribution in [2.24, 2.45) is 0 Å². The minimum absolute atomic E-state index is 0.278. The number of rotatable bonds is 6. The highest BCUT2D eigenvalue weighted by Gasteiger charge is 2.32. The molecule has 172 valence electrons. The topological polar surface area (TPSA) is 36.3 Å². The monoisotopic (exact) mass is 494 g/mol. The Bertz CT molecular complexity index is 1270. The van der Waals surface area contributed by atoms with Crippen molar-refractivity contribution in [3.63, 3.8) is 0 Å². The Morgan fingerprint density at radius 3 is 2.03 bits per heavy atom. The van der Waals surface area contributed by atoms with Crippen LogP contribution >= 0.6 is 23.2 Å². The van der Waals surface area contributed by atoms with Crippen molar-refractivity contribution in [3.8, 4) is 11.5 Å². The summed E-state index contributed by atoms with van der Waals surface area (Å²) in [5.74, 6) is 0.972. The van der Waals surface area contributed by atoms with Crippen molar-refractivity contribution in [2.75, 3.05) is 0 Å². The highest BCUT2D eigenvalue weighted by atomic mass is 35.5. The lowest BCUT2D eigenvalue weighted by Crippen LogP contribution is -2.30. The predicted octanol–water partition coefficient (Wildman–Crippen LogP) is 7.60. The molecule has 3 aromatic carbocycles. The summed E-state index contributed by atoms with van der Waals surface area (Å²) in [6.45, 7) is 4.13. The van der Waals surface area contributed by atoms with Gasteiger partial charge in [-0.3, -0.25) is 0 Å². The number of hydrogen-bond donors (Lipinski definition) is 0. The van der Waals surface area contributed by atoms with E-state index in [2.05, 4.69) is 4.74 Å². The number of aromatic nitrogens is 2.